The van der Waals surface area contributed by atoms with Gasteiger partial charge in [0.25, 0.3) is 0 Å². The third-order valence-electron chi connectivity index (χ3n) is 2.80. The van der Waals surface area contributed by atoms with Crippen molar-refractivity contribution in [2.75, 3.05) is 13.7 Å². The Labute approximate surface area is 123 Å². The van der Waals surface area contributed by atoms with Crippen molar-refractivity contribution in [3.05, 3.63) is 29.3 Å². The minimum absolute atomic E-state index is 0.189. The molecule has 1 aromatic carbocycles. The van der Waals surface area contributed by atoms with Gasteiger partial charge in [0.1, 0.15) is 0 Å². The molecule has 0 saturated heterocycles. The van der Waals surface area contributed by atoms with Gasteiger partial charge < -0.3 is 14.8 Å². The number of nitrogens with one attached hydrogen (secondary N) is 1. The molecule has 0 saturated carbocycles. The predicted molar refractivity (Wildman–Crippen MR) is 75.1 cm³/mol. The fraction of sp³-hybridized carbons (Fsp3) is 0.533. The summed E-state index contributed by atoms with van der Waals surface area (Å²) in [6.07, 6.45) is -0.0466. The molecule has 0 bridgehead atoms. The number of hydrogen-bond donors (Lipinski definition) is 1. The summed E-state index contributed by atoms with van der Waals surface area (Å²) in [4.78, 5) is 11.7. The minimum atomic E-state index is -1.01. The maximum absolute atomic E-state index is 13.9. The molecule has 0 aromatic heterocycles. The van der Waals surface area contributed by atoms with Crippen LogP contribution in [-0.4, -0.2) is 25.7 Å². The number of hydrogen-bond acceptors (Lipinski definition) is 4. The Hall–Kier alpha value is -1.69. The molecule has 21 heavy (non-hydrogen) atoms. The van der Waals surface area contributed by atoms with E-state index in [0.717, 1.165) is 0 Å². The number of ether oxygens (including phenoxy) is 2. The van der Waals surface area contributed by atoms with Crippen LogP contribution in [0.3, 0.4) is 0 Å². The van der Waals surface area contributed by atoms with E-state index in [-0.39, 0.29) is 6.61 Å². The van der Waals surface area contributed by atoms with Crippen LogP contribution in [0.5, 0.6) is 5.75 Å². The van der Waals surface area contributed by atoms with Gasteiger partial charge in [-0.1, -0.05) is 13.3 Å². The van der Waals surface area contributed by atoms with E-state index in [2.05, 4.69) is 5.32 Å². The van der Waals surface area contributed by atoms with Crippen molar-refractivity contribution in [1.82, 2.24) is 5.32 Å². The van der Waals surface area contributed by atoms with Crippen LogP contribution in [0.2, 0.25) is 0 Å². The second kappa shape index (κ2) is 8.56. The first kappa shape index (κ1) is 17.4. The lowest BCUT2D eigenvalue weighted by Gasteiger charge is -2.18. The van der Waals surface area contributed by atoms with E-state index in [0.29, 0.717) is 24.9 Å². The van der Waals surface area contributed by atoms with Crippen LogP contribution < -0.4 is 10.1 Å². The van der Waals surface area contributed by atoms with Gasteiger partial charge in [-0.3, -0.25) is 0 Å². The highest BCUT2D eigenvalue weighted by atomic mass is 19.1. The smallest absolute Gasteiger partial charge is 0.347 e. The molecule has 0 aliphatic carbocycles. The Morgan fingerprint density at radius 2 is 1.90 bits per heavy atom. The molecule has 0 radical (unpaired) electrons. The summed E-state index contributed by atoms with van der Waals surface area (Å²) in [5.41, 5.74) is 0.461. The zero-order chi connectivity index (χ0) is 15.8. The molecule has 0 fully saturated rings. The van der Waals surface area contributed by atoms with E-state index in [1.165, 1.54) is 12.1 Å². The van der Waals surface area contributed by atoms with Crippen LogP contribution in [-0.2, 0) is 16.1 Å². The summed E-state index contributed by atoms with van der Waals surface area (Å²) in [6, 6.07) is 2.37. The first-order valence-electron chi connectivity index (χ1n) is 6.99. The number of esters is 1. The van der Waals surface area contributed by atoms with Gasteiger partial charge in [0.2, 0.25) is 0 Å². The molecule has 0 amide bonds. The van der Waals surface area contributed by atoms with Crippen molar-refractivity contribution in [1.29, 1.82) is 0 Å². The number of halogens is 2. The average molecular weight is 301 g/mol. The summed E-state index contributed by atoms with van der Waals surface area (Å²) in [5.74, 6) is -2.81. The lowest BCUT2D eigenvalue weighted by Crippen LogP contribution is -2.30. The maximum Gasteiger partial charge on any atom is 0.347 e. The monoisotopic (exact) mass is 301 g/mol. The lowest BCUT2D eigenvalue weighted by molar-refractivity contribution is -0.151. The van der Waals surface area contributed by atoms with Crippen molar-refractivity contribution in [3.63, 3.8) is 0 Å². The Balaban J connectivity index is 2.95. The third kappa shape index (κ3) is 4.97. The second-order valence-corrected chi connectivity index (χ2v) is 4.57. The number of carbonyl (C=O) groups is 1. The first-order chi connectivity index (χ1) is 10.0. The summed E-state index contributed by atoms with van der Waals surface area (Å²) >= 11 is 0. The van der Waals surface area contributed by atoms with E-state index in [1.54, 1.807) is 14.0 Å². The first-order valence-corrected chi connectivity index (χ1v) is 6.99. The van der Waals surface area contributed by atoms with Crippen molar-refractivity contribution in [3.8, 4) is 5.75 Å². The fourth-order valence-electron chi connectivity index (χ4n) is 1.90. The van der Waals surface area contributed by atoms with Crippen LogP contribution >= 0.6 is 0 Å². The van der Waals surface area contributed by atoms with Crippen molar-refractivity contribution >= 4 is 5.97 Å². The van der Waals surface area contributed by atoms with Crippen LogP contribution in [0.4, 0.5) is 8.78 Å². The number of rotatable bonds is 8. The summed E-state index contributed by atoms with van der Waals surface area (Å²) in [6.45, 7) is 4.03. The lowest BCUT2D eigenvalue weighted by atomic mass is 10.1. The molecule has 1 rings (SSSR count). The molecule has 6 heteroatoms. The summed E-state index contributed by atoms with van der Waals surface area (Å²) < 4.78 is 37.9. The Kier molecular flexibility index (Phi) is 7.08. The van der Waals surface area contributed by atoms with Crippen molar-refractivity contribution < 1.29 is 23.0 Å². The molecule has 0 aliphatic heterocycles. The number of carbonyl (C=O) groups excluding carboxylic acids is 1. The molecule has 4 nitrogen and oxygen atoms in total. The second-order valence-electron chi connectivity index (χ2n) is 4.57. The third-order valence-corrected chi connectivity index (χ3v) is 2.80. The zero-order valence-corrected chi connectivity index (χ0v) is 12.5. The topological polar surface area (TPSA) is 47.6 Å². The van der Waals surface area contributed by atoms with E-state index in [9.17, 15) is 13.6 Å². The summed E-state index contributed by atoms with van der Waals surface area (Å²) in [7, 11) is 1.68. The molecular weight excluding hydrogens is 280 g/mol. The van der Waals surface area contributed by atoms with Gasteiger partial charge in [0, 0.05) is 6.54 Å². The van der Waals surface area contributed by atoms with Gasteiger partial charge in [0.15, 0.2) is 23.5 Å². The highest BCUT2D eigenvalue weighted by Gasteiger charge is 2.24. The van der Waals surface area contributed by atoms with Crippen LogP contribution in [0.25, 0.3) is 0 Å². The molecule has 118 valence electrons. The fourth-order valence-corrected chi connectivity index (χ4v) is 1.90. The maximum atomic E-state index is 13.9. The predicted octanol–water partition coefficient (Wildman–Crippen LogP) is 2.79. The average Bonchev–Trinajstić information content (AvgIpc) is 2.42. The molecule has 1 unspecified atom stereocenters. The molecule has 0 heterocycles. The largest absolute Gasteiger partial charge is 0.473 e. The van der Waals surface area contributed by atoms with Crippen LogP contribution in [0.15, 0.2) is 12.1 Å². The van der Waals surface area contributed by atoms with Crippen molar-refractivity contribution in [2.24, 2.45) is 0 Å². The van der Waals surface area contributed by atoms with Gasteiger partial charge in [-0.05, 0) is 38.1 Å². The van der Waals surface area contributed by atoms with E-state index < -0.39 is 29.5 Å². The molecule has 0 spiro atoms. The minimum Gasteiger partial charge on any atom is -0.473 e. The zero-order valence-electron chi connectivity index (χ0n) is 12.5. The van der Waals surface area contributed by atoms with Crippen LogP contribution in [0, 0.1) is 11.6 Å². The van der Waals surface area contributed by atoms with Gasteiger partial charge in [-0.25, -0.2) is 13.6 Å². The molecule has 0 aliphatic rings. The van der Waals surface area contributed by atoms with Crippen LogP contribution in [0.1, 0.15) is 32.3 Å². The van der Waals surface area contributed by atoms with Gasteiger partial charge >= 0.3 is 5.97 Å². The van der Waals surface area contributed by atoms with E-state index in [1.807, 2.05) is 6.92 Å². The van der Waals surface area contributed by atoms with E-state index in [4.69, 9.17) is 9.47 Å². The summed E-state index contributed by atoms with van der Waals surface area (Å²) in [5, 5.41) is 2.81. The Morgan fingerprint density at radius 1 is 1.29 bits per heavy atom. The van der Waals surface area contributed by atoms with Gasteiger partial charge in [0.05, 0.1) is 6.61 Å². The Bertz CT molecular complexity index is 457. The van der Waals surface area contributed by atoms with E-state index >= 15 is 0 Å². The standard InChI is InChI=1S/C15H21F2NO3/c1-4-6-13(15(19)20-5-2)21-14-11(16)7-10(9-18-3)8-12(14)17/h7-8,13,18H,4-6,9H2,1-3H3. The molecular formula is C15H21F2NO3. The van der Waals surface area contributed by atoms with Crippen molar-refractivity contribution in [2.45, 2.75) is 39.3 Å². The van der Waals surface area contributed by atoms with Gasteiger partial charge in [-0.2, -0.15) is 0 Å². The number of benzene rings is 1. The normalized spacial score (nSPS) is 12.0. The van der Waals surface area contributed by atoms with Gasteiger partial charge in [-0.15, -0.1) is 0 Å². The highest BCUT2D eigenvalue weighted by Crippen LogP contribution is 2.25. The quantitative estimate of drug-likeness (QED) is 0.750. The highest BCUT2D eigenvalue weighted by molar-refractivity contribution is 5.75. The molecule has 1 aromatic rings. The molecule has 1 N–H and O–H groups in total. The molecule has 1 atom stereocenters. The Morgan fingerprint density at radius 3 is 2.38 bits per heavy atom. The SMILES string of the molecule is CCCC(Oc1c(F)cc(CNC)cc1F)C(=O)OCC.